The number of anilines is 1. The Morgan fingerprint density at radius 2 is 1.92 bits per heavy atom. The zero-order valence-electron chi connectivity index (χ0n) is 20.1. The fraction of sp³-hybridized carbons (Fsp3) is 0.375. The van der Waals surface area contributed by atoms with E-state index in [0.717, 1.165) is 12.1 Å². The number of H-pyrrole nitrogens is 1. The first-order chi connectivity index (χ1) is 17.5. The van der Waals surface area contributed by atoms with Gasteiger partial charge in [0.25, 0.3) is 5.69 Å². The summed E-state index contributed by atoms with van der Waals surface area (Å²) in [7, 11) is 2.73. The number of fused-ring (bicyclic) bond motifs is 1. The van der Waals surface area contributed by atoms with E-state index in [4.69, 9.17) is 14.2 Å². The highest BCUT2D eigenvalue weighted by molar-refractivity contribution is 5.56. The van der Waals surface area contributed by atoms with Crippen LogP contribution in [0.2, 0.25) is 0 Å². The van der Waals surface area contributed by atoms with Gasteiger partial charge < -0.3 is 29.2 Å². The third kappa shape index (κ3) is 4.97. The molecule has 13 heteroatoms. The number of nitrogens with zero attached hydrogens (tertiary/aromatic N) is 3. The molecule has 0 radical (unpaired) electrons. The van der Waals surface area contributed by atoms with Crippen LogP contribution >= 0.6 is 0 Å². The molecule has 0 saturated carbocycles. The zero-order chi connectivity index (χ0) is 27.0. The topological polar surface area (TPSA) is 123 Å². The fourth-order valence-corrected chi connectivity index (χ4v) is 4.58. The molecular formula is C24H25F3N4O6. The second-order valence-corrected chi connectivity index (χ2v) is 8.67. The lowest BCUT2D eigenvalue weighted by Gasteiger charge is -2.49. The van der Waals surface area contributed by atoms with Crippen molar-refractivity contribution >= 4 is 11.4 Å². The van der Waals surface area contributed by atoms with Crippen molar-refractivity contribution in [1.82, 2.24) is 9.97 Å². The number of aromatic nitrogens is 2. The van der Waals surface area contributed by atoms with Gasteiger partial charge in [0.1, 0.15) is 17.7 Å². The number of hydrogen-bond acceptors (Lipinski definition) is 8. The summed E-state index contributed by atoms with van der Waals surface area (Å²) >= 11 is 0. The quantitative estimate of drug-likeness (QED) is 0.256. The first kappa shape index (κ1) is 26.4. The van der Waals surface area contributed by atoms with Crippen LogP contribution in [0.15, 0.2) is 54.9 Å². The average molecular weight is 522 g/mol. The van der Waals surface area contributed by atoms with Gasteiger partial charge in [0.05, 0.1) is 23.1 Å². The third-order valence-electron chi connectivity index (χ3n) is 6.37. The maximum absolute atomic E-state index is 13.3. The number of alkyl halides is 3. The Morgan fingerprint density at radius 1 is 1.24 bits per heavy atom. The van der Waals surface area contributed by atoms with Crippen molar-refractivity contribution in [2.24, 2.45) is 0 Å². The SMILES string of the molecule is COC(OC)[C@]1(C)Oc2ccc([N+](=O)[O-])cc2[C@@H](N(Cc2ncc[nH]2)c2ccc(C(F)(F)F)cc2)[C@@H]1O. The summed E-state index contributed by atoms with van der Waals surface area (Å²) in [6, 6.07) is 7.30. The van der Waals surface area contributed by atoms with Crippen molar-refractivity contribution in [2.45, 2.75) is 43.7 Å². The molecule has 0 bridgehead atoms. The van der Waals surface area contributed by atoms with E-state index >= 15 is 0 Å². The number of imidazole rings is 1. The van der Waals surface area contributed by atoms with E-state index in [1.165, 1.54) is 50.7 Å². The van der Waals surface area contributed by atoms with Gasteiger partial charge in [0.2, 0.25) is 0 Å². The number of aromatic amines is 1. The number of methoxy groups -OCH3 is 2. The number of hydrogen-bond donors (Lipinski definition) is 2. The molecule has 0 spiro atoms. The molecule has 0 unspecified atom stereocenters. The zero-order valence-corrected chi connectivity index (χ0v) is 20.1. The van der Waals surface area contributed by atoms with Gasteiger partial charge in [-0.3, -0.25) is 10.1 Å². The second kappa shape index (κ2) is 10.00. The van der Waals surface area contributed by atoms with Crippen molar-refractivity contribution in [3.8, 4) is 5.75 Å². The number of aliphatic hydroxyl groups excluding tert-OH is 1. The van der Waals surface area contributed by atoms with Gasteiger partial charge in [-0.25, -0.2) is 4.98 Å². The Labute approximate surface area is 209 Å². The largest absolute Gasteiger partial charge is 0.479 e. The Hall–Kier alpha value is -3.68. The van der Waals surface area contributed by atoms with E-state index in [1.54, 1.807) is 18.0 Å². The molecule has 1 aromatic heterocycles. The van der Waals surface area contributed by atoms with Crippen molar-refractivity contribution in [2.75, 3.05) is 19.1 Å². The van der Waals surface area contributed by atoms with Gasteiger partial charge >= 0.3 is 6.18 Å². The molecule has 0 saturated heterocycles. The predicted molar refractivity (Wildman–Crippen MR) is 125 cm³/mol. The lowest BCUT2D eigenvalue weighted by atomic mass is 9.83. The molecule has 0 fully saturated rings. The van der Waals surface area contributed by atoms with Gasteiger partial charge in [-0.15, -0.1) is 0 Å². The molecule has 2 N–H and O–H groups in total. The van der Waals surface area contributed by atoms with E-state index in [9.17, 15) is 28.4 Å². The molecule has 2 heterocycles. The molecule has 3 atom stereocenters. The lowest BCUT2D eigenvalue weighted by Crippen LogP contribution is -2.62. The normalized spacial score (nSPS) is 21.4. The number of benzene rings is 2. The van der Waals surface area contributed by atoms with Gasteiger partial charge in [0, 0.05) is 50.0 Å². The molecule has 1 aliphatic heterocycles. The predicted octanol–water partition coefficient (Wildman–Crippen LogP) is 4.22. The van der Waals surface area contributed by atoms with Crippen LogP contribution in [-0.2, 0) is 22.2 Å². The van der Waals surface area contributed by atoms with Gasteiger partial charge in [-0.05, 0) is 37.3 Å². The van der Waals surface area contributed by atoms with Crippen LogP contribution in [0.1, 0.15) is 29.9 Å². The number of nitrogens with one attached hydrogen (secondary N) is 1. The number of aliphatic hydroxyl groups is 1. The smallest absolute Gasteiger partial charge is 0.416 e. The number of nitro groups is 1. The molecule has 4 rings (SSSR count). The minimum atomic E-state index is -4.54. The Balaban J connectivity index is 1.91. The highest BCUT2D eigenvalue weighted by Gasteiger charge is 2.54. The minimum absolute atomic E-state index is 0.0168. The van der Waals surface area contributed by atoms with Gasteiger partial charge in [0.15, 0.2) is 11.9 Å². The average Bonchev–Trinajstić information content (AvgIpc) is 3.37. The first-order valence-corrected chi connectivity index (χ1v) is 11.1. The van der Waals surface area contributed by atoms with Crippen LogP contribution in [0.4, 0.5) is 24.5 Å². The van der Waals surface area contributed by atoms with Crippen molar-refractivity contribution in [3.05, 3.63) is 81.9 Å². The Morgan fingerprint density at radius 3 is 2.46 bits per heavy atom. The van der Waals surface area contributed by atoms with Crippen molar-refractivity contribution in [3.63, 3.8) is 0 Å². The molecule has 0 aliphatic carbocycles. The van der Waals surface area contributed by atoms with Crippen LogP contribution in [0.25, 0.3) is 0 Å². The minimum Gasteiger partial charge on any atom is -0.479 e. The molecule has 3 aromatic rings. The highest BCUT2D eigenvalue weighted by atomic mass is 19.4. The van der Waals surface area contributed by atoms with Crippen LogP contribution < -0.4 is 9.64 Å². The number of ether oxygens (including phenoxy) is 3. The lowest BCUT2D eigenvalue weighted by molar-refractivity contribution is -0.385. The van der Waals surface area contributed by atoms with Crippen molar-refractivity contribution < 1.29 is 37.4 Å². The summed E-state index contributed by atoms with van der Waals surface area (Å²) in [5.41, 5.74) is -2.03. The van der Waals surface area contributed by atoms with E-state index in [-0.39, 0.29) is 23.5 Å². The maximum Gasteiger partial charge on any atom is 0.416 e. The molecular weight excluding hydrogens is 497 g/mol. The summed E-state index contributed by atoms with van der Waals surface area (Å²) in [6.07, 6.45) is -3.95. The monoisotopic (exact) mass is 522 g/mol. The molecule has 2 aromatic carbocycles. The number of halogens is 3. The van der Waals surface area contributed by atoms with Crippen molar-refractivity contribution in [1.29, 1.82) is 0 Å². The second-order valence-electron chi connectivity index (χ2n) is 8.67. The summed E-state index contributed by atoms with van der Waals surface area (Å²) in [4.78, 5) is 19.7. The standard InChI is InChI=1S/C24H25F3N4O6/c1-23(22(35-2)36-3)21(32)20(17-12-16(31(33)34)8-9-18(17)37-23)30(13-19-28-10-11-29-19)15-6-4-14(5-7-15)24(25,26)27/h4-12,20-22,32H,13H2,1-3H3,(H,28,29)/t20-,21+,23-/m1/s1. The third-order valence-corrected chi connectivity index (χ3v) is 6.37. The summed E-state index contributed by atoms with van der Waals surface area (Å²) in [5, 5.41) is 23.3. The number of rotatable bonds is 8. The van der Waals surface area contributed by atoms with Crippen LogP contribution in [0, 0.1) is 10.1 Å². The van der Waals surface area contributed by atoms with E-state index in [1.807, 2.05) is 0 Å². The number of non-ortho nitro benzene ring substituents is 1. The molecule has 10 nitrogen and oxygen atoms in total. The summed E-state index contributed by atoms with van der Waals surface area (Å²) in [5.74, 6) is 0.668. The number of nitro benzene ring substituents is 1. The van der Waals surface area contributed by atoms with Gasteiger partial charge in [-0.2, -0.15) is 13.2 Å². The van der Waals surface area contributed by atoms with E-state index in [2.05, 4.69) is 9.97 Å². The summed E-state index contributed by atoms with van der Waals surface area (Å²) in [6.45, 7) is 1.58. The van der Waals surface area contributed by atoms with E-state index < -0.39 is 40.7 Å². The van der Waals surface area contributed by atoms with E-state index in [0.29, 0.717) is 11.5 Å². The molecule has 37 heavy (non-hydrogen) atoms. The van der Waals surface area contributed by atoms with Crippen LogP contribution in [0.3, 0.4) is 0 Å². The highest BCUT2D eigenvalue weighted by Crippen LogP contribution is 2.47. The fourth-order valence-electron chi connectivity index (χ4n) is 4.58. The Kier molecular flexibility index (Phi) is 7.13. The summed E-state index contributed by atoms with van der Waals surface area (Å²) < 4.78 is 56.7. The molecule has 0 amide bonds. The van der Waals surface area contributed by atoms with Crippen LogP contribution in [0.5, 0.6) is 5.75 Å². The molecule has 198 valence electrons. The maximum atomic E-state index is 13.3. The molecule has 1 aliphatic rings. The first-order valence-electron chi connectivity index (χ1n) is 11.1. The van der Waals surface area contributed by atoms with Crippen LogP contribution in [-0.4, -0.2) is 52.2 Å². The van der Waals surface area contributed by atoms with Gasteiger partial charge in [-0.1, -0.05) is 0 Å². The Bertz CT molecular complexity index is 1230.